The maximum atomic E-state index is 5.90. The average molecular weight is 663 g/mol. The molecule has 0 bridgehead atoms. The molecule has 3 aromatic heterocycles. The third-order valence-electron chi connectivity index (χ3n) is 10.00. The molecular formula is C44H37BN5O. The summed E-state index contributed by atoms with van der Waals surface area (Å²) < 4.78 is 8.01. The van der Waals surface area contributed by atoms with Crippen molar-refractivity contribution in [1.29, 1.82) is 0 Å². The van der Waals surface area contributed by atoms with Gasteiger partial charge in [0.1, 0.15) is 12.8 Å². The topological polar surface area (TPSA) is 69.6 Å². The molecule has 1 radical (unpaired) electrons. The summed E-state index contributed by atoms with van der Waals surface area (Å²) in [7, 11) is 2.18. The third-order valence-corrected chi connectivity index (χ3v) is 10.00. The molecule has 7 heteroatoms. The lowest BCUT2D eigenvalue weighted by Crippen LogP contribution is -2.15. The van der Waals surface area contributed by atoms with Crippen molar-refractivity contribution in [2.75, 3.05) is 0 Å². The van der Waals surface area contributed by atoms with Crippen molar-refractivity contribution >= 4 is 52.5 Å². The van der Waals surface area contributed by atoms with Crippen molar-refractivity contribution in [3.63, 3.8) is 0 Å². The number of nitrogens with zero attached hydrogens (tertiary/aromatic N) is 5. The van der Waals surface area contributed by atoms with E-state index in [1.54, 1.807) is 0 Å². The zero-order valence-electron chi connectivity index (χ0n) is 29.5. The van der Waals surface area contributed by atoms with Gasteiger partial charge in [-0.25, -0.2) is 9.97 Å². The lowest BCUT2D eigenvalue weighted by molar-refractivity contribution is 0.601. The van der Waals surface area contributed by atoms with Crippen LogP contribution in [0.25, 0.3) is 73.7 Å². The number of hydrogen-bond donors (Lipinski definition) is 0. The Morgan fingerprint density at radius 2 is 1.71 bits per heavy atom. The summed E-state index contributed by atoms with van der Waals surface area (Å²) in [4.78, 5) is 19.5. The lowest BCUT2D eigenvalue weighted by Gasteiger charge is -2.22. The van der Waals surface area contributed by atoms with Crippen LogP contribution < -0.4 is 0 Å². The molecule has 8 rings (SSSR count). The molecule has 0 atom stereocenters. The van der Waals surface area contributed by atoms with Gasteiger partial charge in [-0.2, -0.15) is 9.97 Å². The van der Waals surface area contributed by atoms with Crippen molar-refractivity contribution in [2.45, 2.75) is 39.9 Å². The molecule has 0 saturated heterocycles. The fourth-order valence-corrected chi connectivity index (χ4v) is 7.45. The molecule has 0 spiro atoms. The molecule has 247 valence electrons. The van der Waals surface area contributed by atoms with Crippen LogP contribution in [0.5, 0.6) is 0 Å². The quantitative estimate of drug-likeness (QED) is 0.120. The van der Waals surface area contributed by atoms with Crippen molar-refractivity contribution in [3.05, 3.63) is 150 Å². The van der Waals surface area contributed by atoms with Gasteiger partial charge >= 0.3 is 0 Å². The molecule has 0 N–H and O–H groups in total. The van der Waals surface area contributed by atoms with Gasteiger partial charge < -0.3 is 4.42 Å². The number of rotatable bonds is 8. The SMILES string of the molecule is C=Cc1c(/C=C(\[B]C)c2ccc3c(c2)C(C)(C)c2ccc4ncoc4c2-3)c2ccccc2n1-c1nc(C(/C=C\C)=C/C)nc(-c2ccccc2)n1. The smallest absolute Gasteiger partial charge is 0.238 e. The summed E-state index contributed by atoms with van der Waals surface area (Å²) >= 11 is 0. The largest absolute Gasteiger partial charge is 0.443 e. The van der Waals surface area contributed by atoms with Gasteiger partial charge in [-0.05, 0) is 54.3 Å². The summed E-state index contributed by atoms with van der Waals surface area (Å²) in [5.74, 6) is 1.75. The van der Waals surface area contributed by atoms with E-state index in [9.17, 15) is 0 Å². The molecule has 0 amide bonds. The highest BCUT2D eigenvalue weighted by Crippen LogP contribution is 2.51. The minimum absolute atomic E-state index is 0.200. The van der Waals surface area contributed by atoms with Crippen molar-refractivity contribution in [3.8, 4) is 28.5 Å². The Hall–Kier alpha value is -6.08. The second kappa shape index (κ2) is 12.7. The van der Waals surface area contributed by atoms with E-state index < -0.39 is 0 Å². The molecule has 1 aliphatic rings. The van der Waals surface area contributed by atoms with Crippen LogP contribution in [0.4, 0.5) is 0 Å². The molecule has 3 heterocycles. The van der Waals surface area contributed by atoms with Gasteiger partial charge in [0.15, 0.2) is 23.6 Å². The summed E-state index contributed by atoms with van der Waals surface area (Å²) in [6, 6.07) is 29.5. The van der Waals surface area contributed by atoms with Gasteiger partial charge in [0, 0.05) is 33.1 Å². The highest BCUT2D eigenvalue weighted by Gasteiger charge is 2.37. The fraction of sp³-hybridized carbons (Fsp3) is 0.136. The van der Waals surface area contributed by atoms with Gasteiger partial charge in [0.2, 0.25) is 5.95 Å². The van der Waals surface area contributed by atoms with Gasteiger partial charge in [-0.15, -0.1) is 0 Å². The van der Waals surface area contributed by atoms with E-state index in [1.807, 2.05) is 68.5 Å². The number of para-hydroxylation sites is 1. The fourth-order valence-electron chi connectivity index (χ4n) is 7.45. The number of benzene rings is 4. The summed E-state index contributed by atoms with van der Waals surface area (Å²) in [6.45, 7) is 15.0. The summed E-state index contributed by atoms with van der Waals surface area (Å²) in [5, 5.41) is 1.08. The van der Waals surface area contributed by atoms with Gasteiger partial charge in [-0.3, -0.25) is 4.57 Å². The maximum absolute atomic E-state index is 5.90. The predicted molar refractivity (Wildman–Crippen MR) is 212 cm³/mol. The van der Waals surface area contributed by atoms with Crippen LogP contribution >= 0.6 is 0 Å². The first-order valence-electron chi connectivity index (χ1n) is 17.3. The number of hydrogen-bond acceptors (Lipinski definition) is 5. The third kappa shape index (κ3) is 5.19. The first-order valence-corrected chi connectivity index (χ1v) is 17.3. The molecule has 0 fully saturated rings. The van der Waals surface area contributed by atoms with E-state index in [4.69, 9.17) is 19.4 Å². The van der Waals surface area contributed by atoms with Crippen molar-refractivity contribution < 1.29 is 4.42 Å². The second-order valence-corrected chi connectivity index (χ2v) is 13.2. The van der Waals surface area contributed by atoms with Crippen LogP contribution in [0.3, 0.4) is 0 Å². The number of fused-ring (bicyclic) bond motifs is 6. The number of aromatic nitrogens is 5. The monoisotopic (exact) mass is 662 g/mol. The van der Waals surface area contributed by atoms with E-state index in [-0.39, 0.29) is 5.41 Å². The van der Waals surface area contributed by atoms with E-state index in [0.29, 0.717) is 17.6 Å². The average Bonchev–Trinajstić information content (AvgIpc) is 3.84. The van der Waals surface area contributed by atoms with E-state index in [1.165, 1.54) is 23.1 Å². The minimum atomic E-state index is -0.200. The van der Waals surface area contributed by atoms with Gasteiger partial charge in [0.25, 0.3) is 0 Å². The molecule has 4 aromatic carbocycles. The Bertz CT molecular complexity index is 2590. The first-order chi connectivity index (χ1) is 24.9. The molecule has 0 saturated carbocycles. The predicted octanol–water partition coefficient (Wildman–Crippen LogP) is 10.8. The van der Waals surface area contributed by atoms with E-state index in [0.717, 1.165) is 61.0 Å². The Kier molecular flexibility index (Phi) is 7.99. The summed E-state index contributed by atoms with van der Waals surface area (Å²) in [6.07, 6.45) is 11.8. The number of oxazole rings is 1. The molecule has 6 nitrogen and oxygen atoms in total. The molecule has 1 aliphatic carbocycles. The highest BCUT2D eigenvalue weighted by atomic mass is 16.3. The van der Waals surface area contributed by atoms with E-state index in [2.05, 4.69) is 105 Å². The lowest BCUT2D eigenvalue weighted by atomic mass is 9.67. The second-order valence-electron chi connectivity index (χ2n) is 13.2. The normalized spacial score (nSPS) is 14.0. The Morgan fingerprint density at radius 1 is 0.902 bits per heavy atom. The maximum Gasteiger partial charge on any atom is 0.238 e. The molecule has 51 heavy (non-hydrogen) atoms. The van der Waals surface area contributed by atoms with Crippen LogP contribution in [-0.2, 0) is 5.41 Å². The standard InChI is InChI=1S/C44H37BN5O/c1-7-15-27(8-2)41-47-42(28-16-11-10-12-17-28)49-43(48-41)50-37(9-3)32(30-18-13-14-19-38(30)50)25-35(45-6)29-20-21-31-34(24-29)44(4,5)33-22-23-36-40(39(31)33)51-26-46-36/h7-26H,3H2,1-2,4-6H3/b15-7-,27-8+,35-25-. The Labute approximate surface area is 298 Å². The van der Waals surface area contributed by atoms with Crippen LogP contribution in [-0.4, -0.2) is 31.8 Å². The van der Waals surface area contributed by atoms with Crippen molar-refractivity contribution in [2.24, 2.45) is 0 Å². The van der Waals surface area contributed by atoms with Crippen LogP contribution in [0.1, 0.15) is 61.5 Å². The molecule has 0 unspecified atom stereocenters. The van der Waals surface area contributed by atoms with E-state index >= 15 is 0 Å². The van der Waals surface area contributed by atoms with Crippen LogP contribution in [0, 0.1) is 0 Å². The van der Waals surface area contributed by atoms with Gasteiger partial charge in [0.05, 0.1) is 11.2 Å². The first kappa shape index (κ1) is 32.1. The van der Waals surface area contributed by atoms with Crippen LogP contribution in [0.15, 0.2) is 121 Å². The zero-order chi connectivity index (χ0) is 35.3. The molecule has 0 aliphatic heterocycles. The zero-order valence-corrected chi connectivity index (χ0v) is 29.5. The summed E-state index contributed by atoms with van der Waals surface area (Å²) in [5.41, 5.74) is 13.4. The Morgan fingerprint density at radius 3 is 2.47 bits per heavy atom. The highest BCUT2D eigenvalue weighted by molar-refractivity contribution is 6.61. The number of allylic oxidation sites excluding steroid dienone is 4. The van der Waals surface area contributed by atoms with Crippen molar-refractivity contribution in [1.82, 2.24) is 24.5 Å². The molecule has 7 aromatic rings. The Balaban J connectivity index is 1.32. The minimum Gasteiger partial charge on any atom is -0.443 e. The van der Waals surface area contributed by atoms with Gasteiger partial charge in [-0.1, -0.05) is 130 Å². The molecular weight excluding hydrogens is 625 g/mol. The van der Waals surface area contributed by atoms with Crippen LogP contribution in [0.2, 0.25) is 6.82 Å².